The van der Waals surface area contributed by atoms with Gasteiger partial charge in [0.15, 0.2) is 0 Å². The molecule has 0 spiro atoms. The van der Waals surface area contributed by atoms with Crippen molar-refractivity contribution in [2.45, 2.75) is 52.6 Å². The summed E-state index contributed by atoms with van der Waals surface area (Å²) in [6.45, 7) is 8.16. The molecule has 0 aromatic carbocycles. The first-order valence-corrected chi connectivity index (χ1v) is 8.33. The molecular formula is C18H25FN4O. The van der Waals surface area contributed by atoms with Crippen LogP contribution in [-0.2, 0) is 12.8 Å². The van der Waals surface area contributed by atoms with Gasteiger partial charge in [-0.3, -0.25) is 5.10 Å². The molecule has 2 aromatic rings. The molecule has 2 aromatic heterocycles. The predicted octanol–water partition coefficient (Wildman–Crippen LogP) is 3.31. The fourth-order valence-electron chi connectivity index (χ4n) is 3.12. The number of halogens is 1. The highest BCUT2D eigenvalue weighted by Crippen LogP contribution is 2.38. The molecule has 1 aliphatic rings. The standard InChI is InChI=1S/C18H25FN4O/c1-17(2)6-5-12-13(9-17)22-23-16(12)11-7-14(19)21-15(8-11)20-10-18(3,4)24/h7-8,24H,5-6,9-10H2,1-4H3,(H,20,21)(H,22,23). The molecule has 3 N–H and O–H groups in total. The maximum Gasteiger partial charge on any atom is 0.215 e. The van der Waals surface area contributed by atoms with Crippen LogP contribution >= 0.6 is 0 Å². The lowest BCUT2D eigenvalue weighted by molar-refractivity contribution is 0.0944. The Kier molecular flexibility index (Phi) is 4.11. The minimum Gasteiger partial charge on any atom is -0.389 e. The van der Waals surface area contributed by atoms with E-state index >= 15 is 0 Å². The van der Waals surface area contributed by atoms with Gasteiger partial charge in [-0.2, -0.15) is 9.49 Å². The van der Waals surface area contributed by atoms with Gasteiger partial charge in [0.1, 0.15) is 5.82 Å². The highest BCUT2D eigenvalue weighted by Gasteiger charge is 2.29. The smallest absolute Gasteiger partial charge is 0.215 e. The minimum atomic E-state index is -0.898. The number of pyridine rings is 1. The van der Waals surface area contributed by atoms with Gasteiger partial charge in [0.2, 0.25) is 5.95 Å². The van der Waals surface area contributed by atoms with Crippen LogP contribution in [0.3, 0.4) is 0 Å². The van der Waals surface area contributed by atoms with Crippen LogP contribution in [0.4, 0.5) is 10.2 Å². The zero-order chi connectivity index (χ0) is 17.5. The summed E-state index contributed by atoms with van der Waals surface area (Å²) in [6, 6.07) is 3.19. The Bertz CT molecular complexity index is 746. The molecule has 0 atom stereocenters. The molecule has 0 amide bonds. The lowest BCUT2D eigenvalue weighted by Gasteiger charge is -2.29. The Morgan fingerprint density at radius 3 is 2.83 bits per heavy atom. The molecule has 130 valence electrons. The van der Waals surface area contributed by atoms with Gasteiger partial charge in [0.25, 0.3) is 0 Å². The van der Waals surface area contributed by atoms with E-state index in [4.69, 9.17) is 0 Å². The molecule has 0 fully saturated rings. The van der Waals surface area contributed by atoms with Crippen LogP contribution < -0.4 is 5.32 Å². The van der Waals surface area contributed by atoms with Crippen molar-refractivity contribution in [2.24, 2.45) is 5.41 Å². The summed E-state index contributed by atoms with van der Waals surface area (Å²) in [5.41, 5.74) is 3.19. The second kappa shape index (κ2) is 5.84. The number of anilines is 1. The fourth-order valence-corrected chi connectivity index (χ4v) is 3.12. The van der Waals surface area contributed by atoms with Crippen LogP contribution in [0.1, 0.15) is 45.4 Å². The monoisotopic (exact) mass is 332 g/mol. The number of aromatic nitrogens is 3. The number of nitrogens with one attached hydrogen (secondary N) is 2. The summed E-state index contributed by atoms with van der Waals surface area (Å²) in [6.07, 6.45) is 2.97. The van der Waals surface area contributed by atoms with E-state index < -0.39 is 11.5 Å². The van der Waals surface area contributed by atoms with Crippen LogP contribution in [0.2, 0.25) is 0 Å². The van der Waals surface area contributed by atoms with Crippen molar-refractivity contribution >= 4 is 5.82 Å². The molecule has 0 saturated carbocycles. The topological polar surface area (TPSA) is 73.8 Å². The number of rotatable bonds is 4. The van der Waals surface area contributed by atoms with Gasteiger partial charge in [-0.1, -0.05) is 13.8 Å². The number of aromatic amines is 1. The SMILES string of the molecule is CC(C)(O)CNc1cc(-c2n[nH]c3c2CCC(C)(C)C3)cc(F)n1. The zero-order valence-electron chi connectivity index (χ0n) is 14.7. The maximum absolute atomic E-state index is 13.9. The largest absolute Gasteiger partial charge is 0.389 e. The molecule has 0 unspecified atom stereocenters. The van der Waals surface area contributed by atoms with Crippen molar-refractivity contribution in [1.29, 1.82) is 0 Å². The number of aliphatic hydroxyl groups is 1. The third-order valence-electron chi connectivity index (χ3n) is 4.43. The summed E-state index contributed by atoms with van der Waals surface area (Å²) in [7, 11) is 0. The number of nitrogens with zero attached hydrogens (tertiary/aromatic N) is 2. The lowest BCUT2D eigenvalue weighted by atomic mass is 9.76. The van der Waals surface area contributed by atoms with Crippen LogP contribution in [0, 0.1) is 11.4 Å². The van der Waals surface area contributed by atoms with Crippen LogP contribution in [0.15, 0.2) is 12.1 Å². The van der Waals surface area contributed by atoms with Crippen molar-refractivity contribution in [1.82, 2.24) is 15.2 Å². The van der Waals surface area contributed by atoms with E-state index in [2.05, 4.69) is 34.3 Å². The zero-order valence-corrected chi connectivity index (χ0v) is 14.7. The van der Waals surface area contributed by atoms with Crippen molar-refractivity contribution in [2.75, 3.05) is 11.9 Å². The van der Waals surface area contributed by atoms with Gasteiger partial charge < -0.3 is 10.4 Å². The Morgan fingerprint density at radius 2 is 2.12 bits per heavy atom. The van der Waals surface area contributed by atoms with Gasteiger partial charge in [0, 0.05) is 29.4 Å². The molecule has 1 aliphatic carbocycles. The molecule has 0 bridgehead atoms. The molecule has 0 saturated heterocycles. The second-order valence-electron chi connectivity index (χ2n) is 8.10. The number of fused-ring (bicyclic) bond motifs is 1. The first-order chi connectivity index (χ1) is 11.1. The normalized spacial score (nSPS) is 16.8. The quantitative estimate of drug-likeness (QED) is 0.751. The summed E-state index contributed by atoms with van der Waals surface area (Å²) in [5.74, 6) is -0.154. The van der Waals surface area contributed by atoms with Gasteiger partial charge in [0.05, 0.1) is 11.3 Å². The summed E-state index contributed by atoms with van der Waals surface area (Å²) in [4.78, 5) is 3.86. The molecule has 5 nitrogen and oxygen atoms in total. The van der Waals surface area contributed by atoms with Gasteiger partial charge in [-0.15, -0.1) is 0 Å². The second-order valence-corrected chi connectivity index (χ2v) is 8.10. The van der Waals surface area contributed by atoms with E-state index in [-0.39, 0.29) is 12.0 Å². The van der Waals surface area contributed by atoms with Crippen LogP contribution in [0.25, 0.3) is 11.3 Å². The van der Waals surface area contributed by atoms with E-state index in [9.17, 15) is 9.50 Å². The van der Waals surface area contributed by atoms with E-state index in [1.165, 1.54) is 11.6 Å². The highest BCUT2D eigenvalue weighted by molar-refractivity contribution is 5.67. The number of hydrogen-bond acceptors (Lipinski definition) is 4. The molecule has 0 aliphatic heterocycles. The maximum atomic E-state index is 13.9. The molecule has 3 rings (SSSR count). The van der Waals surface area contributed by atoms with E-state index in [0.29, 0.717) is 11.4 Å². The number of hydrogen-bond donors (Lipinski definition) is 3. The van der Waals surface area contributed by atoms with Crippen molar-refractivity contribution in [3.05, 3.63) is 29.3 Å². The van der Waals surface area contributed by atoms with E-state index in [1.54, 1.807) is 19.9 Å². The summed E-state index contributed by atoms with van der Waals surface area (Å²) >= 11 is 0. The average molecular weight is 332 g/mol. The first kappa shape index (κ1) is 16.9. The summed E-state index contributed by atoms with van der Waals surface area (Å²) < 4.78 is 13.9. The van der Waals surface area contributed by atoms with Crippen molar-refractivity contribution in [3.8, 4) is 11.3 Å². The van der Waals surface area contributed by atoms with Gasteiger partial charge >= 0.3 is 0 Å². The Morgan fingerprint density at radius 1 is 1.38 bits per heavy atom. The van der Waals surface area contributed by atoms with E-state index in [1.807, 2.05) is 0 Å². The van der Waals surface area contributed by atoms with Crippen LogP contribution in [0.5, 0.6) is 0 Å². The van der Waals surface area contributed by atoms with Gasteiger partial charge in [-0.05, 0) is 44.6 Å². The van der Waals surface area contributed by atoms with Gasteiger partial charge in [-0.25, -0.2) is 4.98 Å². The van der Waals surface area contributed by atoms with Crippen LogP contribution in [-0.4, -0.2) is 32.4 Å². The van der Waals surface area contributed by atoms with Crippen molar-refractivity contribution < 1.29 is 9.50 Å². The molecule has 0 radical (unpaired) electrons. The molecular weight excluding hydrogens is 307 g/mol. The Hall–Kier alpha value is -1.95. The average Bonchev–Trinajstić information content (AvgIpc) is 2.85. The minimum absolute atomic E-state index is 0.264. The first-order valence-electron chi connectivity index (χ1n) is 8.33. The molecule has 2 heterocycles. The molecule has 6 heteroatoms. The van der Waals surface area contributed by atoms with E-state index in [0.717, 1.165) is 30.7 Å². The molecule has 24 heavy (non-hydrogen) atoms. The summed E-state index contributed by atoms with van der Waals surface area (Å²) in [5, 5.41) is 20.3. The third-order valence-corrected chi connectivity index (χ3v) is 4.43. The predicted molar refractivity (Wildman–Crippen MR) is 92.4 cm³/mol. The Labute approximate surface area is 141 Å². The Balaban J connectivity index is 1.91. The lowest BCUT2D eigenvalue weighted by Crippen LogP contribution is -2.29. The number of H-pyrrole nitrogens is 1. The van der Waals surface area contributed by atoms with Crippen molar-refractivity contribution in [3.63, 3.8) is 0 Å². The third kappa shape index (κ3) is 3.75. The fraction of sp³-hybridized carbons (Fsp3) is 0.556. The highest BCUT2D eigenvalue weighted by atomic mass is 19.1.